The van der Waals surface area contributed by atoms with Crippen molar-refractivity contribution in [2.75, 3.05) is 73.2 Å². The molecule has 3 aliphatic heterocycles. The summed E-state index contributed by atoms with van der Waals surface area (Å²) in [6.07, 6.45) is 7.31. The summed E-state index contributed by atoms with van der Waals surface area (Å²) in [5, 5.41) is 44.4. The minimum Gasteiger partial charge on any atom is -0.497 e. The molecule has 5 atom stereocenters. The molecule has 16 heteroatoms. The van der Waals surface area contributed by atoms with Crippen LogP contribution in [0.4, 0.5) is 17.6 Å². The Balaban J connectivity index is 1.05. The van der Waals surface area contributed by atoms with E-state index in [0.717, 1.165) is 66.5 Å². The number of morpholine rings is 1. The highest BCUT2D eigenvalue weighted by Crippen LogP contribution is 2.50. The zero-order valence-corrected chi connectivity index (χ0v) is 44.4. The van der Waals surface area contributed by atoms with Crippen molar-refractivity contribution in [3.63, 3.8) is 0 Å². The number of hydrogen-bond donors (Lipinski definition) is 4. The van der Waals surface area contributed by atoms with Gasteiger partial charge in [0.2, 0.25) is 0 Å². The van der Waals surface area contributed by atoms with Crippen molar-refractivity contribution >= 4 is 33.4 Å². The number of nitrogens with zero attached hydrogens (tertiary/aromatic N) is 4. The molecule has 0 spiro atoms. The molecular formula is C59H74ClF4N5O6. The van der Waals surface area contributed by atoms with E-state index in [4.69, 9.17) is 30.8 Å². The molecule has 3 aromatic carbocycles. The first kappa shape index (κ1) is 56.6. The molecule has 3 aliphatic rings. The van der Waals surface area contributed by atoms with Gasteiger partial charge in [-0.05, 0) is 155 Å². The fourth-order valence-corrected chi connectivity index (χ4v) is 12.5. The summed E-state index contributed by atoms with van der Waals surface area (Å²) in [5.41, 5.74) is 1.16. The lowest BCUT2D eigenvalue weighted by molar-refractivity contribution is -0.187. The number of fused-ring (bicyclic) bond motifs is 2. The molecule has 75 heavy (non-hydrogen) atoms. The summed E-state index contributed by atoms with van der Waals surface area (Å²) in [5.74, 6) is 2.84. The van der Waals surface area contributed by atoms with Crippen LogP contribution in [0.1, 0.15) is 125 Å². The molecule has 11 nitrogen and oxygen atoms in total. The van der Waals surface area contributed by atoms with Crippen molar-refractivity contribution in [3.05, 3.63) is 106 Å². The van der Waals surface area contributed by atoms with Crippen LogP contribution in [0.15, 0.2) is 60.9 Å². The molecule has 4 N–H and O–H groups in total. The van der Waals surface area contributed by atoms with Gasteiger partial charge in [0, 0.05) is 59.3 Å². The summed E-state index contributed by atoms with van der Waals surface area (Å²) < 4.78 is 75.0. The lowest BCUT2D eigenvalue weighted by Gasteiger charge is -2.53. The number of aromatic nitrogens is 2. The number of halogens is 5. The number of hydrogen-bond acceptors (Lipinski definition) is 11. The van der Waals surface area contributed by atoms with Crippen LogP contribution in [0.25, 0.3) is 21.8 Å². The van der Waals surface area contributed by atoms with Gasteiger partial charge in [-0.15, -0.1) is 0 Å². The Morgan fingerprint density at radius 1 is 0.840 bits per heavy atom. The van der Waals surface area contributed by atoms with Crippen LogP contribution >= 0.6 is 11.6 Å². The van der Waals surface area contributed by atoms with Gasteiger partial charge >= 0.3 is 0 Å². The predicted molar refractivity (Wildman–Crippen MR) is 285 cm³/mol. The monoisotopic (exact) mass is 1060 g/mol. The van der Waals surface area contributed by atoms with Crippen molar-refractivity contribution < 1.29 is 47.1 Å². The smallest absolute Gasteiger partial charge is 0.194 e. The molecule has 8 rings (SSSR count). The highest BCUT2D eigenvalue weighted by molar-refractivity contribution is 6.32. The van der Waals surface area contributed by atoms with Crippen molar-refractivity contribution in [3.8, 4) is 23.3 Å². The molecule has 5 heterocycles. The van der Waals surface area contributed by atoms with E-state index >= 15 is 4.39 Å². The van der Waals surface area contributed by atoms with E-state index in [2.05, 4.69) is 38.9 Å². The van der Waals surface area contributed by atoms with Crippen LogP contribution < -0.4 is 14.8 Å². The normalized spacial score (nSPS) is 19.2. The van der Waals surface area contributed by atoms with Gasteiger partial charge in [0.25, 0.3) is 0 Å². The highest BCUT2D eigenvalue weighted by atomic mass is 35.5. The van der Waals surface area contributed by atoms with E-state index in [1.165, 1.54) is 6.20 Å². The molecule has 0 radical (unpaired) electrons. The Hall–Kier alpha value is -4.63. The number of ether oxygens (including phenoxy) is 3. The third kappa shape index (κ3) is 13.6. The van der Waals surface area contributed by atoms with E-state index in [-0.39, 0.29) is 35.4 Å². The quantitative estimate of drug-likeness (QED) is 0.0300. The maximum atomic E-state index is 16.4. The minimum atomic E-state index is -1.54. The first-order valence-corrected chi connectivity index (χ1v) is 27.3. The summed E-state index contributed by atoms with van der Waals surface area (Å²) >= 11 is 6.63. The molecule has 3 fully saturated rings. The van der Waals surface area contributed by atoms with Crippen LogP contribution in [0, 0.1) is 46.5 Å². The van der Waals surface area contributed by atoms with Gasteiger partial charge < -0.3 is 34.8 Å². The second kappa shape index (κ2) is 26.1. The van der Waals surface area contributed by atoms with E-state index in [0.29, 0.717) is 132 Å². The van der Waals surface area contributed by atoms with Crippen molar-refractivity contribution in [2.24, 2.45) is 17.3 Å². The van der Waals surface area contributed by atoms with E-state index in [1.54, 1.807) is 32.4 Å². The fourth-order valence-electron chi connectivity index (χ4n) is 12.2. The van der Waals surface area contributed by atoms with Crippen LogP contribution in [0.5, 0.6) is 11.5 Å². The predicted octanol–water partition coefficient (Wildman–Crippen LogP) is 10.8. The number of rotatable bonds is 22. The maximum Gasteiger partial charge on any atom is 0.194 e. The van der Waals surface area contributed by atoms with Gasteiger partial charge in [-0.2, -0.15) is 0 Å². The number of piperidine rings is 2. The number of pyridine rings is 2. The molecule has 0 aliphatic carbocycles. The SMILES string of the molecule is CCCC(CCCC(O)(C1CCNCC1)C(O)C1(CC[C@H](O)c2c(CN3CCOCC3)cnc3ccc(OC)cc23)CCN(CC#Cc2cc(F)c(F)c(F)c2)CC1)CC[C@H](F)c1c(Cl)cnc2ccc(OC)cc12. The van der Waals surface area contributed by atoms with Gasteiger partial charge in [0.05, 0.1) is 67.8 Å². The summed E-state index contributed by atoms with van der Waals surface area (Å²) in [4.78, 5) is 13.6. The molecule has 0 bridgehead atoms. The summed E-state index contributed by atoms with van der Waals surface area (Å²) in [6, 6.07) is 12.8. The average molecular weight is 1060 g/mol. The zero-order chi connectivity index (χ0) is 53.1. The summed E-state index contributed by atoms with van der Waals surface area (Å²) in [7, 11) is 3.18. The molecule has 3 unspecified atom stereocenters. The Kier molecular flexibility index (Phi) is 19.7. The molecule has 0 saturated carbocycles. The van der Waals surface area contributed by atoms with Crippen LogP contribution in [-0.2, 0) is 11.3 Å². The topological polar surface area (TPSA) is 133 Å². The van der Waals surface area contributed by atoms with Gasteiger partial charge in [-0.1, -0.05) is 56.0 Å². The standard InChI is InChI=1S/C59H74ClF4N5O6/c1-4-7-39(10-13-48(61)55-46-35-44(74-3)12-15-52(46)67-37-47(55)60)8-5-19-59(72,42-17-23-65-24-18-42)57(71)58(21-26-68(27-22-58)25-6-9-40-32-49(62)56(64)50(63)33-40)20-16-53(70)54-41(38-69-28-30-75-31-29-69)36-66-51-14-11-43(73-2)34-45(51)54/h11-12,14-15,32-37,39,42,48,53,57,65,70-72H,4-5,7-8,10,13,16-31,38H2,1-3H3/t39?,48-,53-,57?,59?/m0/s1. The highest BCUT2D eigenvalue weighted by Gasteiger charge is 2.53. The second-order valence-electron chi connectivity index (χ2n) is 21.1. The van der Waals surface area contributed by atoms with E-state index < -0.39 is 46.8 Å². The van der Waals surface area contributed by atoms with Gasteiger partial charge in [0.1, 0.15) is 17.7 Å². The third-order valence-corrected chi connectivity index (χ3v) is 16.8. The van der Waals surface area contributed by atoms with Crippen LogP contribution in [-0.4, -0.2) is 120 Å². The molecule has 3 saturated heterocycles. The number of aliphatic hydroxyl groups is 3. The number of alkyl halides is 1. The Morgan fingerprint density at radius 3 is 2.12 bits per heavy atom. The summed E-state index contributed by atoms with van der Waals surface area (Å²) in [6.45, 7) is 8.11. The van der Waals surface area contributed by atoms with Crippen molar-refractivity contribution in [1.29, 1.82) is 0 Å². The first-order chi connectivity index (χ1) is 36.2. The zero-order valence-electron chi connectivity index (χ0n) is 43.7. The largest absolute Gasteiger partial charge is 0.497 e. The average Bonchev–Trinajstić information content (AvgIpc) is 3.43. The number of benzene rings is 3. The Bertz CT molecular complexity index is 2740. The molecule has 5 aromatic rings. The third-order valence-electron chi connectivity index (χ3n) is 16.5. The lowest BCUT2D eigenvalue weighted by Crippen LogP contribution is -2.60. The fraction of sp³-hybridized carbons (Fsp3) is 0.559. The maximum absolute atomic E-state index is 16.4. The van der Waals surface area contributed by atoms with Crippen molar-refractivity contribution in [2.45, 2.75) is 121 Å². The van der Waals surface area contributed by atoms with Crippen LogP contribution in [0.2, 0.25) is 5.02 Å². The number of methoxy groups -OCH3 is 2. The first-order valence-electron chi connectivity index (χ1n) is 26.9. The van der Waals surface area contributed by atoms with E-state index in [9.17, 15) is 28.5 Å². The number of nitrogens with one attached hydrogen (secondary N) is 1. The number of likely N-dealkylation sites (tertiary alicyclic amines) is 1. The Morgan fingerprint density at radius 2 is 1.48 bits per heavy atom. The molecular weight excluding hydrogens is 986 g/mol. The molecule has 2 aromatic heterocycles. The minimum absolute atomic E-state index is 0.0296. The van der Waals surface area contributed by atoms with Crippen LogP contribution in [0.3, 0.4) is 0 Å². The Labute approximate surface area is 444 Å². The lowest BCUT2D eigenvalue weighted by atomic mass is 9.60. The number of aliphatic hydroxyl groups excluding tert-OH is 2. The molecule has 0 amide bonds. The van der Waals surface area contributed by atoms with Crippen molar-refractivity contribution in [1.82, 2.24) is 25.1 Å². The second-order valence-corrected chi connectivity index (χ2v) is 21.5. The van der Waals surface area contributed by atoms with Gasteiger partial charge in [0.15, 0.2) is 17.5 Å². The van der Waals surface area contributed by atoms with Gasteiger partial charge in [-0.25, -0.2) is 17.6 Å². The van der Waals surface area contributed by atoms with E-state index in [1.807, 2.05) is 24.4 Å². The molecule has 406 valence electrons. The van der Waals surface area contributed by atoms with Gasteiger partial charge in [-0.3, -0.25) is 19.8 Å².